The van der Waals surface area contributed by atoms with Crippen LogP contribution in [0.15, 0.2) is 42.6 Å². The predicted molar refractivity (Wildman–Crippen MR) is 109 cm³/mol. The lowest BCUT2D eigenvalue weighted by molar-refractivity contribution is -0.115. The fraction of sp³-hybridized carbons (Fsp3) is 0.381. The SMILES string of the molecule is CCCCOc1ccc(C(=O)NCC(=O)Nc2cccnc2OCCOC)cc1. The van der Waals surface area contributed by atoms with Crippen molar-refractivity contribution in [1.29, 1.82) is 0 Å². The first kappa shape index (κ1) is 22.2. The summed E-state index contributed by atoms with van der Waals surface area (Å²) >= 11 is 0. The molecular weight excluding hydrogens is 374 g/mol. The van der Waals surface area contributed by atoms with Crippen LogP contribution < -0.4 is 20.1 Å². The van der Waals surface area contributed by atoms with Crippen molar-refractivity contribution in [3.63, 3.8) is 0 Å². The highest BCUT2D eigenvalue weighted by atomic mass is 16.5. The molecule has 2 N–H and O–H groups in total. The number of ether oxygens (including phenoxy) is 3. The monoisotopic (exact) mass is 401 g/mol. The van der Waals surface area contributed by atoms with Crippen molar-refractivity contribution < 1.29 is 23.8 Å². The third-order valence-corrected chi connectivity index (χ3v) is 3.86. The summed E-state index contributed by atoms with van der Waals surface area (Å²) in [5.41, 5.74) is 0.877. The number of methoxy groups -OCH3 is 1. The lowest BCUT2D eigenvalue weighted by atomic mass is 10.2. The summed E-state index contributed by atoms with van der Waals surface area (Å²) in [6.07, 6.45) is 3.60. The predicted octanol–water partition coefficient (Wildman–Crippen LogP) is 2.65. The zero-order valence-electron chi connectivity index (χ0n) is 16.8. The smallest absolute Gasteiger partial charge is 0.251 e. The Morgan fingerprint density at radius 1 is 1.03 bits per heavy atom. The second kappa shape index (κ2) is 12.4. The number of pyridine rings is 1. The highest BCUT2D eigenvalue weighted by molar-refractivity contribution is 5.99. The summed E-state index contributed by atoms with van der Waals surface area (Å²) in [6.45, 7) is 3.28. The molecule has 29 heavy (non-hydrogen) atoms. The van der Waals surface area contributed by atoms with Crippen LogP contribution >= 0.6 is 0 Å². The maximum atomic E-state index is 12.2. The summed E-state index contributed by atoms with van der Waals surface area (Å²) in [5.74, 6) is 0.277. The molecule has 0 aliphatic rings. The number of amides is 2. The normalized spacial score (nSPS) is 10.3. The fourth-order valence-corrected chi connectivity index (χ4v) is 2.32. The van der Waals surface area contributed by atoms with Crippen molar-refractivity contribution in [2.75, 3.05) is 38.8 Å². The molecule has 2 amide bonds. The summed E-state index contributed by atoms with van der Waals surface area (Å²) in [5, 5.41) is 5.27. The van der Waals surface area contributed by atoms with Crippen LogP contribution in [0.25, 0.3) is 0 Å². The Morgan fingerprint density at radius 2 is 1.83 bits per heavy atom. The molecule has 0 spiro atoms. The number of rotatable bonds is 12. The van der Waals surface area contributed by atoms with E-state index >= 15 is 0 Å². The topological polar surface area (TPSA) is 98.8 Å². The molecule has 2 rings (SSSR count). The number of aromatic nitrogens is 1. The van der Waals surface area contributed by atoms with E-state index in [1.165, 1.54) is 0 Å². The molecule has 0 bridgehead atoms. The quantitative estimate of drug-likeness (QED) is 0.531. The average Bonchev–Trinajstić information content (AvgIpc) is 2.74. The van der Waals surface area contributed by atoms with Gasteiger partial charge in [-0.25, -0.2) is 4.98 Å². The number of hydrogen-bond donors (Lipinski definition) is 2. The Balaban J connectivity index is 1.82. The van der Waals surface area contributed by atoms with Gasteiger partial charge >= 0.3 is 0 Å². The van der Waals surface area contributed by atoms with E-state index < -0.39 is 0 Å². The molecule has 1 aromatic heterocycles. The molecule has 0 fully saturated rings. The first-order valence-electron chi connectivity index (χ1n) is 9.51. The van der Waals surface area contributed by atoms with E-state index in [0.29, 0.717) is 42.7 Å². The third-order valence-electron chi connectivity index (χ3n) is 3.86. The molecule has 0 radical (unpaired) electrons. The lowest BCUT2D eigenvalue weighted by Gasteiger charge is -2.11. The standard InChI is InChI=1S/C21H27N3O5/c1-3-4-12-28-17-9-7-16(8-10-17)20(26)23-15-19(25)24-18-6-5-11-22-21(18)29-14-13-27-2/h5-11H,3-4,12-15H2,1-2H3,(H,23,26)(H,24,25). The molecule has 0 saturated heterocycles. The molecule has 0 saturated carbocycles. The number of carbonyl (C=O) groups is 2. The van der Waals surface area contributed by atoms with Gasteiger partial charge in [0.25, 0.3) is 5.91 Å². The number of benzene rings is 1. The Hall–Kier alpha value is -3.13. The first-order chi connectivity index (χ1) is 14.1. The third kappa shape index (κ3) is 7.79. The van der Waals surface area contributed by atoms with Crippen LogP contribution in [0.2, 0.25) is 0 Å². The number of nitrogens with one attached hydrogen (secondary N) is 2. The number of anilines is 1. The van der Waals surface area contributed by atoms with Crippen LogP contribution in [-0.2, 0) is 9.53 Å². The van der Waals surface area contributed by atoms with Gasteiger partial charge in [-0.15, -0.1) is 0 Å². The molecular formula is C21H27N3O5. The Kier molecular flexibility index (Phi) is 9.44. The Bertz CT molecular complexity index is 780. The lowest BCUT2D eigenvalue weighted by Crippen LogP contribution is -2.33. The molecule has 1 heterocycles. The zero-order valence-corrected chi connectivity index (χ0v) is 16.8. The van der Waals surface area contributed by atoms with E-state index in [1.807, 2.05) is 0 Å². The summed E-state index contributed by atoms with van der Waals surface area (Å²) in [6, 6.07) is 10.2. The summed E-state index contributed by atoms with van der Waals surface area (Å²) in [4.78, 5) is 28.5. The largest absolute Gasteiger partial charge is 0.494 e. The van der Waals surface area contributed by atoms with Gasteiger partial charge in [-0.3, -0.25) is 9.59 Å². The molecule has 0 atom stereocenters. The van der Waals surface area contributed by atoms with Crippen LogP contribution in [-0.4, -0.2) is 50.3 Å². The maximum Gasteiger partial charge on any atom is 0.251 e. The van der Waals surface area contributed by atoms with Gasteiger partial charge in [0, 0.05) is 18.9 Å². The minimum atomic E-state index is -0.387. The van der Waals surface area contributed by atoms with Crippen molar-refractivity contribution in [1.82, 2.24) is 10.3 Å². The van der Waals surface area contributed by atoms with Gasteiger partial charge in [-0.05, 0) is 42.8 Å². The molecule has 1 aromatic carbocycles. The minimum Gasteiger partial charge on any atom is -0.494 e. The number of hydrogen-bond acceptors (Lipinski definition) is 6. The van der Waals surface area contributed by atoms with E-state index in [-0.39, 0.29) is 18.4 Å². The van der Waals surface area contributed by atoms with Gasteiger partial charge in [0.1, 0.15) is 18.0 Å². The fourth-order valence-electron chi connectivity index (χ4n) is 2.32. The Morgan fingerprint density at radius 3 is 2.55 bits per heavy atom. The summed E-state index contributed by atoms with van der Waals surface area (Å²) < 4.78 is 16.0. The van der Waals surface area contributed by atoms with Crippen LogP contribution in [0.4, 0.5) is 5.69 Å². The molecule has 8 nitrogen and oxygen atoms in total. The second-order valence-electron chi connectivity index (χ2n) is 6.15. The van der Waals surface area contributed by atoms with Crippen LogP contribution in [0.5, 0.6) is 11.6 Å². The van der Waals surface area contributed by atoms with Gasteiger partial charge in [-0.2, -0.15) is 0 Å². The van der Waals surface area contributed by atoms with Crippen molar-refractivity contribution in [2.45, 2.75) is 19.8 Å². The van der Waals surface area contributed by atoms with E-state index in [0.717, 1.165) is 12.8 Å². The van der Waals surface area contributed by atoms with Crippen molar-refractivity contribution >= 4 is 17.5 Å². The summed E-state index contributed by atoms with van der Waals surface area (Å²) in [7, 11) is 1.57. The van der Waals surface area contributed by atoms with Crippen LogP contribution in [0.3, 0.4) is 0 Å². The maximum absolute atomic E-state index is 12.2. The number of unbranched alkanes of at least 4 members (excludes halogenated alkanes) is 1. The van der Waals surface area contributed by atoms with E-state index in [2.05, 4.69) is 22.5 Å². The van der Waals surface area contributed by atoms with Crippen molar-refractivity contribution in [3.05, 3.63) is 48.2 Å². The van der Waals surface area contributed by atoms with E-state index in [4.69, 9.17) is 14.2 Å². The van der Waals surface area contributed by atoms with Crippen molar-refractivity contribution in [3.8, 4) is 11.6 Å². The zero-order chi connectivity index (χ0) is 20.9. The molecule has 0 unspecified atom stereocenters. The molecule has 156 valence electrons. The highest BCUT2D eigenvalue weighted by Crippen LogP contribution is 2.20. The molecule has 2 aromatic rings. The van der Waals surface area contributed by atoms with E-state index in [9.17, 15) is 9.59 Å². The van der Waals surface area contributed by atoms with Gasteiger partial charge in [0.2, 0.25) is 11.8 Å². The highest BCUT2D eigenvalue weighted by Gasteiger charge is 2.11. The van der Waals surface area contributed by atoms with Gasteiger partial charge in [0.15, 0.2) is 0 Å². The first-order valence-corrected chi connectivity index (χ1v) is 9.51. The minimum absolute atomic E-state index is 0.181. The second-order valence-corrected chi connectivity index (χ2v) is 6.15. The number of nitrogens with zero attached hydrogens (tertiary/aromatic N) is 1. The molecule has 0 aliphatic heterocycles. The van der Waals surface area contributed by atoms with Gasteiger partial charge in [0.05, 0.1) is 19.8 Å². The average molecular weight is 401 g/mol. The van der Waals surface area contributed by atoms with Crippen LogP contribution in [0, 0.1) is 0 Å². The van der Waals surface area contributed by atoms with E-state index in [1.54, 1.807) is 49.7 Å². The van der Waals surface area contributed by atoms with Gasteiger partial charge in [-0.1, -0.05) is 13.3 Å². The van der Waals surface area contributed by atoms with Crippen LogP contribution in [0.1, 0.15) is 30.1 Å². The Labute approximate surface area is 170 Å². The number of carbonyl (C=O) groups excluding carboxylic acids is 2. The van der Waals surface area contributed by atoms with Gasteiger partial charge < -0.3 is 24.8 Å². The molecule has 0 aliphatic carbocycles. The molecule has 8 heteroatoms. The van der Waals surface area contributed by atoms with Crippen molar-refractivity contribution in [2.24, 2.45) is 0 Å².